The van der Waals surface area contributed by atoms with Crippen molar-refractivity contribution in [3.8, 4) is 0 Å². The van der Waals surface area contributed by atoms with E-state index in [1.807, 2.05) is 16.1 Å². The van der Waals surface area contributed by atoms with Crippen LogP contribution in [0.25, 0.3) is 0 Å². The summed E-state index contributed by atoms with van der Waals surface area (Å²) in [5, 5.41) is 5.10. The van der Waals surface area contributed by atoms with Crippen LogP contribution in [0.3, 0.4) is 0 Å². The average molecular weight is 268 g/mol. The fourth-order valence-electron chi connectivity index (χ4n) is 1.60. The van der Waals surface area contributed by atoms with Crippen molar-refractivity contribution in [2.75, 3.05) is 20.3 Å². The zero-order valence-electron chi connectivity index (χ0n) is 10.2. The van der Waals surface area contributed by atoms with E-state index < -0.39 is 0 Å². The second-order valence-electron chi connectivity index (χ2n) is 3.86. The van der Waals surface area contributed by atoms with Gasteiger partial charge in [0.05, 0.1) is 25.2 Å². The van der Waals surface area contributed by atoms with E-state index in [-0.39, 0.29) is 4.87 Å². The molecule has 2 N–H and O–H groups in total. The van der Waals surface area contributed by atoms with E-state index in [1.165, 1.54) is 11.3 Å². The highest BCUT2D eigenvalue weighted by atomic mass is 32.1. The lowest BCUT2D eigenvalue weighted by Crippen LogP contribution is -2.20. The Morgan fingerprint density at radius 2 is 2.50 bits per heavy atom. The first-order valence-electron chi connectivity index (χ1n) is 5.65. The van der Waals surface area contributed by atoms with Crippen molar-refractivity contribution in [3.05, 3.63) is 39.0 Å². The minimum absolute atomic E-state index is 0.0233. The second kappa shape index (κ2) is 6.48. The molecule has 0 saturated heterocycles. The highest BCUT2D eigenvalue weighted by Crippen LogP contribution is 2.04. The molecule has 2 rings (SSSR count). The number of hydrogen-bond donors (Lipinski definition) is 2. The summed E-state index contributed by atoms with van der Waals surface area (Å²) in [6.45, 7) is 2.86. The number of aromatic amines is 1. The van der Waals surface area contributed by atoms with Crippen LogP contribution in [0.5, 0.6) is 0 Å². The second-order valence-corrected chi connectivity index (χ2v) is 4.70. The molecule has 0 aliphatic carbocycles. The standard InChI is InChI=1S/C11H16N4O2S/c1-17-3-2-12-4-10-5-13-8-15(10)6-9-7-18-11(16)14-9/h5,7-8,12H,2-4,6H2,1H3,(H,14,16). The molecule has 0 bridgehead atoms. The molecule has 0 spiro atoms. The molecule has 18 heavy (non-hydrogen) atoms. The van der Waals surface area contributed by atoms with E-state index in [9.17, 15) is 4.79 Å². The number of nitrogens with one attached hydrogen (secondary N) is 2. The van der Waals surface area contributed by atoms with Crippen molar-refractivity contribution in [1.82, 2.24) is 19.9 Å². The Hall–Kier alpha value is -1.44. The summed E-state index contributed by atoms with van der Waals surface area (Å²) in [5.74, 6) is 0. The highest BCUT2D eigenvalue weighted by molar-refractivity contribution is 7.07. The number of rotatable bonds is 7. The van der Waals surface area contributed by atoms with Gasteiger partial charge in [-0.2, -0.15) is 0 Å². The molecule has 2 heterocycles. The number of hydrogen-bond acceptors (Lipinski definition) is 5. The van der Waals surface area contributed by atoms with Gasteiger partial charge in [-0.05, 0) is 0 Å². The summed E-state index contributed by atoms with van der Waals surface area (Å²) in [6.07, 6.45) is 3.59. The van der Waals surface area contributed by atoms with Gasteiger partial charge in [-0.3, -0.25) is 4.79 Å². The largest absolute Gasteiger partial charge is 0.383 e. The summed E-state index contributed by atoms with van der Waals surface area (Å²) >= 11 is 1.18. The van der Waals surface area contributed by atoms with Crippen LogP contribution >= 0.6 is 11.3 Å². The first-order chi connectivity index (χ1) is 8.79. The molecule has 2 aromatic rings. The molecule has 2 aromatic heterocycles. The number of methoxy groups -OCH3 is 1. The summed E-state index contributed by atoms with van der Waals surface area (Å²) in [6, 6.07) is 0. The number of ether oxygens (including phenoxy) is 1. The maximum Gasteiger partial charge on any atom is 0.304 e. The zero-order valence-corrected chi connectivity index (χ0v) is 11.0. The van der Waals surface area contributed by atoms with Crippen LogP contribution in [0, 0.1) is 0 Å². The van der Waals surface area contributed by atoms with E-state index in [1.54, 1.807) is 13.4 Å². The maximum absolute atomic E-state index is 11.1. The predicted octanol–water partition coefficient (Wildman–Crippen LogP) is 0.417. The SMILES string of the molecule is COCCNCc1cncn1Cc1csc(=O)[nH]1. The Kier molecular flexibility index (Phi) is 4.68. The van der Waals surface area contributed by atoms with Gasteiger partial charge >= 0.3 is 4.87 Å². The summed E-state index contributed by atoms with van der Waals surface area (Å²) in [7, 11) is 1.68. The molecule has 0 unspecified atom stereocenters. The molecule has 0 radical (unpaired) electrons. The Morgan fingerprint density at radius 3 is 3.22 bits per heavy atom. The summed E-state index contributed by atoms with van der Waals surface area (Å²) in [5.41, 5.74) is 1.99. The molecule has 6 nitrogen and oxygen atoms in total. The average Bonchev–Trinajstić information content (AvgIpc) is 2.95. The van der Waals surface area contributed by atoms with E-state index >= 15 is 0 Å². The van der Waals surface area contributed by atoms with Crippen LogP contribution in [0.2, 0.25) is 0 Å². The lowest BCUT2D eigenvalue weighted by molar-refractivity contribution is 0.199. The van der Waals surface area contributed by atoms with Gasteiger partial charge in [0.15, 0.2) is 0 Å². The predicted molar refractivity (Wildman–Crippen MR) is 69.9 cm³/mol. The molecular formula is C11H16N4O2S. The van der Waals surface area contributed by atoms with Gasteiger partial charge in [0.25, 0.3) is 0 Å². The van der Waals surface area contributed by atoms with Crippen molar-refractivity contribution in [3.63, 3.8) is 0 Å². The minimum Gasteiger partial charge on any atom is -0.383 e. The van der Waals surface area contributed by atoms with Gasteiger partial charge in [0, 0.05) is 37.5 Å². The third-order valence-corrected chi connectivity index (χ3v) is 3.22. The quantitative estimate of drug-likeness (QED) is 0.714. The molecule has 0 aliphatic heterocycles. The van der Waals surface area contributed by atoms with Gasteiger partial charge in [0.1, 0.15) is 0 Å². The van der Waals surface area contributed by atoms with Crippen LogP contribution in [-0.2, 0) is 17.8 Å². The van der Waals surface area contributed by atoms with Crippen molar-refractivity contribution in [1.29, 1.82) is 0 Å². The Morgan fingerprint density at radius 1 is 1.61 bits per heavy atom. The van der Waals surface area contributed by atoms with Crippen molar-refractivity contribution < 1.29 is 4.74 Å². The molecule has 7 heteroatoms. The Bertz CT molecular complexity index is 531. The van der Waals surface area contributed by atoms with E-state index in [0.717, 1.165) is 24.5 Å². The lowest BCUT2D eigenvalue weighted by Gasteiger charge is -2.07. The molecule has 0 fully saturated rings. The van der Waals surface area contributed by atoms with E-state index in [0.29, 0.717) is 13.2 Å². The maximum atomic E-state index is 11.1. The monoisotopic (exact) mass is 268 g/mol. The first kappa shape index (κ1) is 13.0. The number of H-pyrrole nitrogens is 1. The van der Waals surface area contributed by atoms with Gasteiger partial charge < -0.3 is 19.6 Å². The molecule has 0 aromatic carbocycles. The number of aromatic nitrogens is 3. The molecule has 0 amide bonds. The van der Waals surface area contributed by atoms with Gasteiger partial charge in [-0.15, -0.1) is 0 Å². The topological polar surface area (TPSA) is 71.9 Å². The van der Waals surface area contributed by atoms with Crippen LogP contribution in [-0.4, -0.2) is 34.8 Å². The number of nitrogens with zero attached hydrogens (tertiary/aromatic N) is 2. The minimum atomic E-state index is -0.0233. The summed E-state index contributed by atoms with van der Waals surface area (Å²) in [4.78, 5) is 18.0. The van der Waals surface area contributed by atoms with Crippen LogP contribution < -0.4 is 10.2 Å². The molecular weight excluding hydrogens is 252 g/mol. The van der Waals surface area contributed by atoms with Crippen LogP contribution in [0.15, 0.2) is 22.7 Å². The molecule has 0 aliphatic rings. The van der Waals surface area contributed by atoms with Crippen molar-refractivity contribution >= 4 is 11.3 Å². The normalized spacial score (nSPS) is 10.9. The summed E-state index contributed by atoms with van der Waals surface area (Å²) < 4.78 is 6.98. The van der Waals surface area contributed by atoms with E-state index in [2.05, 4.69) is 15.3 Å². The van der Waals surface area contributed by atoms with Gasteiger partial charge in [-0.25, -0.2) is 4.98 Å². The lowest BCUT2D eigenvalue weighted by atomic mass is 10.4. The van der Waals surface area contributed by atoms with Crippen LogP contribution in [0.4, 0.5) is 0 Å². The highest BCUT2D eigenvalue weighted by Gasteiger charge is 2.04. The van der Waals surface area contributed by atoms with Crippen molar-refractivity contribution in [2.45, 2.75) is 13.1 Å². The molecule has 0 atom stereocenters. The smallest absolute Gasteiger partial charge is 0.304 e. The van der Waals surface area contributed by atoms with Gasteiger partial charge in [-0.1, -0.05) is 11.3 Å². The number of thiazole rings is 1. The fraction of sp³-hybridized carbons (Fsp3) is 0.455. The zero-order chi connectivity index (χ0) is 12.8. The van der Waals surface area contributed by atoms with Crippen LogP contribution in [0.1, 0.15) is 11.4 Å². The Labute approximate surface area is 109 Å². The first-order valence-corrected chi connectivity index (χ1v) is 6.53. The molecule has 0 saturated carbocycles. The fourth-order valence-corrected chi connectivity index (χ4v) is 2.18. The third-order valence-electron chi connectivity index (χ3n) is 2.50. The Balaban J connectivity index is 1.93. The van der Waals surface area contributed by atoms with Crippen molar-refractivity contribution in [2.24, 2.45) is 0 Å². The van der Waals surface area contributed by atoms with Gasteiger partial charge in [0.2, 0.25) is 0 Å². The third kappa shape index (κ3) is 3.52. The van der Waals surface area contributed by atoms with E-state index in [4.69, 9.17) is 4.74 Å². The number of imidazole rings is 1. The molecule has 98 valence electrons.